The number of halogens is 2. The van der Waals surface area contributed by atoms with Gasteiger partial charge in [0.05, 0.1) is 10.0 Å². The zero-order chi connectivity index (χ0) is 21.1. The molecule has 30 heavy (non-hydrogen) atoms. The second-order valence-electron chi connectivity index (χ2n) is 8.68. The van der Waals surface area contributed by atoms with Crippen molar-refractivity contribution in [2.75, 3.05) is 25.0 Å². The number of fused-ring (bicyclic) bond motifs is 1. The Morgan fingerprint density at radius 1 is 1.10 bits per heavy atom. The minimum atomic E-state index is 0.296. The lowest BCUT2D eigenvalue weighted by atomic mass is 9.89. The first-order valence-electron chi connectivity index (χ1n) is 10.8. The number of nitrogens with zero attached hydrogens (tertiary/aromatic N) is 2. The van der Waals surface area contributed by atoms with Crippen LogP contribution in [0.5, 0.6) is 0 Å². The number of anilines is 1. The Morgan fingerprint density at radius 2 is 1.87 bits per heavy atom. The van der Waals surface area contributed by atoms with E-state index in [0.717, 1.165) is 37.2 Å². The summed E-state index contributed by atoms with van der Waals surface area (Å²) >= 11 is 12.2. The van der Waals surface area contributed by atoms with E-state index in [4.69, 9.17) is 27.6 Å². The molecule has 2 aromatic carbocycles. The van der Waals surface area contributed by atoms with Crippen molar-refractivity contribution in [3.8, 4) is 0 Å². The Hall–Kier alpha value is -1.75. The smallest absolute Gasteiger partial charge is 0.295 e. The van der Waals surface area contributed by atoms with Crippen LogP contribution in [0.15, 0.2) is 46.9 Å². The molecule has 1 atom stereocenters. The molecule has 1 aliphatic heterocycles. The fraction of sp³-hybridized carbons (Fsp3) is 0.458. The highest BCUT2D eigenvalue weighted by Gasteiger charge is 2.24. The van der Waals surface area contributed by atoms with Crippen LogP contribution < -0.4 is 5.32 Å². The number of rotatable bonds is 7. The van der Waals surface area contributed by atoms with Crippen LogP contribution in [-0.4, -0.2) is 35.6 Å². The van der Waals surface area contributed by atoms with Gasteiger partial charge >= 0.3 is 0 Å². The van der Waals surface area contributed by atoms with Crippen molar-refractivity contribution in [3.63, 3.8) is 0 Å². The lowest BCUT2D eigenvalue weighted by Gasteiger charge is -2.35. The molecule has 0 amide bonds. The molecule has 1 saturated heterocycles. The van der Waals surface area contributed by atoms with Crippen LogP contribution in [0.25, 0.3) is 11.1 Å². The summed E-state index contributed by atoms with van der Waals surface area (Å²) in [6.45, 7) is 7.72. The Kier molecular flexibility index (Phi) is 6.87. The third kappa shape index (κ3) is 5.29. The summed E-state index contributed by atoms with van der Waals surface area (Å²) in [7, 11) is 0. The minimum absolute atomic E-state index is 0.296. The maximum atomic E-state index is 6.17. The van der Waals surface area contributed by atoms with Crippen LogP contribution in [0.2, 0.25) is 10.0 Å². The minimum Gasteiger partial charge on any atom is -0.424 e. The molecule has 1 N–H and O–H groups in total. The first kappa shape index (κ1) is 21.5. The molecule has 1 aromatic heterocycles. The van der Waals surface area contributed by atoms with Gasteiger partial charge in [0.15, 0.2) is 5.58 Å². The van der Waals surface area contributed by atoms with Crippen LogP contribution >= 0.6 is 23.2 Å². The predicted molar refractivity (Wildman–Crippen MR) is 126 cm³/mol. The molecule has 6 heteroatoms. The average molecular weight is 446 g/mol. The molecule has 4 nitrogen and oxygen atoms in total. The van der Waals surface area contributed by atoms with E-state index in [9.17, 15) is 0 Å². The molecule has 0 bridgehead atoms. The predicted octanol–water partition coefficient (Wildman–Crippen LogP) is 6.53. The Balaban J connectivity index is 1.31. The van der Waals surface area contributed by atoms with Gasteiger partial charge in [0, 0.05) is 12.6 Å². The monoisotopic (exact) mass is 445 g/mol. The lowest BCUT2D eigenvalue weighted by molar-refractivity contribution is 0.169. The molecule has 0 radical (unpaired) electrons. The highest BCUT2D eigenvalue weighted by molar-refractivity contribution is 6.42. The van der Waals surface area contributed by atoms with E-state index in [1.165, 1.54) is 18.4 Å². The third-order valence-electron chi connectivity index (χ3n) is 6.08. The maximum Gasteiger partial charge on any atom is 0.295 e. The van der Waals surface area contributed by atoms with E-state index >= 15 is 0 Å². The third-order valence-corrected chi connectivity index (χ3v) is 6.82. The van der Waals surface area contributed by atoms with E-state index < -0.39 is 0 Å². The van der Waals surface area contributed by atoms with Crippen molar-refractivity contribution in [2.45, 2.75) is 39.2 Å². The number of hydrogen-bond donors (Lipinski definition) is 1. The second kappa shape index (κ2) is 9.59. The van der Waals surface area contributed by atoms with E-state index in [1.54, 1.807) is 0 Å². The molecule has 3 aromatic rings. The van der Waals surface area contributed by atoms with Crippen molar-refractivity contribution < 1.29 is 4.42 Å². The number of aromatic nitrogens is 1. The van der Waals surface area contributed by atoms with Crippen LogP contribution in [0.3, 0.4) is 0 Å². The number of oxazole rings is 1. The first-order chi connectivity index (χ1) is 14.5. The zero-order valence-corrected chi connectivity index (χ0v) is 19.1. The van der Waals surface area contributed by atoms with E-state index in [-0.39, 0.29) is 0 Å². The Labute approximate surface area is 188 Å². The normalized spacial score (nSPS) is 17.0. The molecule has 2 heterocycles. The molecule has 0 aliphatic carbocycles. The fourth-order valence-corrected chi connectivity index (χ4v) is 4.49. The van der Waals surface area contributed by atoms with Gasteiger partial charge in [0.25, 0.3) is 6.01 Å². The zero-order valence-electron chi connectivity index (χ0n) is 17.6. The van der Waals surface area contributed by atoms with Crippen LogP contribution in [-0.2, 0) is 6.42 Å². The Bertz CT molecular complexity index is 946. The van der Waals surface area contributed by atoms with Gasteiger partial charge in [-0.3, -0.25) is 0 Å². The van der Waals surface area contributed by atoms with Crippen LogP contribution in [0.1, 0.15) is 32.3 Å². The number of nitrogens with one attached hydrogen (secondary N) is 1. The summed E-state index contributed by atoms with van der Waals surface area (Å²) in [6.07, 6.45) is 3.47. The SMILES string of the molecule is CC(C)[C@H](CN1CCC(Cc2ccc(Cl)c(Cl)c2)CC1)Nc1nc2ccccc2o1. The number of para-hydroxylation sites is 2. The van der Waals surface area contributed by atoms with Gasteiger partial charge in [0.2, 0.25) is 0 Å². The van der Waals surface area contributed by atoms with Crippen molar-refractivity contribution >= 4 is 40.3 Å². The summed E-state index contributed by atoms with van der Waals surface area (Å²) in [5.41, 5.74) is 3.00. The first-order valence-corrected chi connectivity index (χ1v) is 11.5. The van der Waals surface area contributed by atoms with Gasteiger partial charge in [-0.25, -0.2) is 0 Å². The topological polar surface area (TPSA) is 41.3 Å². The number of piperidine rings is 1. The second-order valence-corrected chi connectivity index (χ2v) is 9.49. The quantitative estimate of drug-likeness (QED) is 0.448. The summed E-state index contributed by atoms with van der Waals surface area (Å²) in [4.78, 5) is 7.14. The van der Waals surface area contributed by atoms with Crippen LogP contribution in [0, 0.1) is 11.8 Å². The van der Waals surface area contributed by atoms with Gasteiger partial charge in [-0.2, -0.15) is 4.98 Å². The van der Waals surface area contributed by atoms with Crippen molar-refractivity contribution in [3.05, 3.63) is 58.1 Å². The largest absolute Gasteiger partial charge is 0.424 e. The highest BCUT2D eigenvalue weighted by Crippen LogP contribution is 2.27. The van der Waals surface area contributed by atoms with Crippen LogP contribution in [0.4, 0.5) is 6.01 Å². The van der Waals surface area contributed by atoms with Crippen molar-refractivity contribution in [1.29, 1.82) is 0 Å². The average Bonchev–Trinajstić information content (AvgIpc) is 3.14. The van der Waals surface area contributed by atoms with Gasteiger partial charge in [-0.1, -0.05) is 55.2 Å². The molecule has 4 rings (SSSR count). The summed E-state index contributed by atoms with van der Waals surface area (Å²) in [5, 5.41) is 4.81. The van der Waals surface area contributed by atoms with E-state index in [1.807, 2.05) is 36.4 Å². The molecule has 1 aliphatic rings. The van der Waals surface area contributed by atoms with Gasteiger partial charge in [0.1, 0.15) is 5.52 Å². The number of hydrogen-bond acceptors (Lipinski definition) is 4. The molecule has 0 unspecified atom stereocenters. The summed E-state index contributed by atoms with van der Waals surface area (Å²) in [6, 6.07) is 14.8. The van der Waals surface area contributed by atoms with Gasteiger partial charge in [-0.15, -0.1) is 0 Å². The highest BCUT2D eigenvalue weighted by atomic mass is 35.5. The molecular formula is C24H29Cl2N3O. The van der Waals surface area contributed by atoms with Crippen molar-refractivity contribution in [2.24, 2.45) is 11.8 Å². The summed E-state index contributed by atoms with van der Waals surface area (Å²) < 4.78 is 5.88. The summed E-state index contributed by atoms with van der Waals surface area (Å²) in [5.74, 6) is 1.18. The van der Waals surface area contributed by atoms with E-state index in [2.05, 4.69) is 35.1 Å². The molecule has 160 valence electrons. The lowest BCUT2D eigenvalue weighted by Crippen LogP contribution is -2.43. The van der Waals surface area contributed by atoms with Gasteiger partial charge < -0.3 is 14.6 Å². The number of benzene rings is 2. The maximum absolute atomic E-state index is 6.17. The van der Waals surface area contributed by atoms with E-state index in [0.29, 0.717) is 33.9 Å². The molecular weight excluding hydrogens is 417 g/mol. The van der Waals surface area contributed by atoms with Gasteiger partial charge in [-0.05, 0) is 74.0 Å². The molecule has 0 spiro atoms. The Morgan fingerprint density at radius 3 is 2.57 bits per heavy atom. The number of likely N-dealkylation sites (tertiary alicyclic amines) is 1. The standard InChI is InChI=1S/C24H29Cl2N3O/c1-16(2)22(28-24-27-21-5-3-4-6-23(21)30-24)15-29-11-9-17(10-12-29)13-18-7-8-19(25)20(26)14-18/h3-8,14,16-17,22H,9-13,15H2,1-2H3,(H,27,28)/t22-/m0/s1. The molecule has 1 fully saturated rings. The van der Waals surface area contributed by atoms with Crippen molar-refractivity contribution in [1.82, 2.24) is 9.88 Å². The molecule has 0 saturated carbocycles. The fourth-order valence-electron chi connectivity index (χ4n) is 4.17.